The summed E-state index contributed by atoms with van der Waals surface area (Å²) in [6.07, 6.45) is 11.2. The van der Waals surface area contributed by atoms with E-state index in [-0.39, 0.29) is 28.9 Å². The molecule has 180 valence electrons. The number of fused-ring (bicyclic) bond motifs is 5. The second kappa shape index (κ2) is 8.91. The molecule has 1 amide bonds. The summed E-state index contributed by atoms with van der Waals surface area (Å²) in [6, 6.07) is 0. The fraction of sp³-hybridized carbons (Fsp3) is 0.926. The summed E-state index contributed by atoms with van der Waals surface area (Å²) in [7, 11) is 0. The van der Waals surface area contributed by atoms with Crippen LogP contribution in [0.3, 0.4) is 0 Å². The van der Waals surface area contributed by atoms with Gasteiger partial charge < -0.3 is 10.2 Å². The van der Waals surface area contributed by atoms with Gasteiger partial charge in [0.25, 0.3) is 0 Å². The zero-order chi connectivity index (χ0) is 23.3. The molecule has 5 unspecified atom stereocenters. The van der Waals surface area contributed by atoms with Gasteiger partial charge in [-0.3, -0.25) is 10.1 Å². The first kappa shape index (κ1) is 24.0. The highest BCUT2D eigenvalue weighted by atomic mass is 16.3. The van der Waals surface area contributed by atoms with Crippen LogP contribution in [0.15, 0.2) is 0 Å². The Hall–Kier alpha value is -1.12. The smallest absolute Gasteiger partial charge is 0.232 e. The van der Waals surface area contributed by atoms with Crippen LogP contribution in [0.1, 0.15) is 91.9 Å². The lowest BCUT2D eigenvalue weighted by molar-refractivity contribution is -0.203. The predicted molar refractivity (Wildman–Crippen MR) is 124 cm³/mol. The van der Waals surface area contributed by atoms with E-state index in [1.54, 1.807) is 6.19 Å². The lowest BCUT2D eigenvalue weighted by atomic mass is 9.41. The van der Waals surface area contributed by atoms with Crippen LogP contribution in [0.25, 0.3) is 0 Å². The van der Waals surface area contributed by atoms with E-state index < -0.39 is 0 Å². The number of rotatable bonds is 5. The van der Waals surface area contributed by atoms with Crippen molar-refractivity contribution in [3.05, 3.63) is 0 Å². The summed E-state index contributed by atoms with van der Waals surface area (Å²) in [5, 5.41) is 33.1. The molecule has 11 atom stereocenters. The summed E-state index contributed by atoms with van der Waals surface area (Å²) in [4.78, 5) is 11.8. The number of nitrogens with one attached hydrogen (secondary N) is 1. The number of carbonyl (C=O) groups excluding carboxylic acids is 1. The van der Waals surface area contributed by atoms with E-state index in [4.69, 9.17) is 5.26 Å². The Morgan fingerprint density at radius 2 is 1.78 bits per heavy atom. The van der Waals surface area contributed by atoms with Crippen LogP contribution in [0, 0.1) is 63.7 Å². The molecule has 4 aliphatic rings. The Kier molecular flexibility index (Phi) is 6.69. The zero-order valence-electron chi connectivity index (χ0n) is 20.5. The third-order valence-electron chi connectivity index (χ3n) is 11.2. The Bertz CT molecular complexity index is 750. The highest BCUT2D eigenvalue weighted by Gasteiger charge is 2.64. The number of carbonyl (C=O) groups is 1. The number of hydrogen-bond acceptors (Lipinski definition) is 4. The van der Waals surface area contributed by atoms with Gasteiger partial charge in [0.15, 0.2) is 6.19 Å². The monoisotopic (exact) mass is 444 g/mol. The van der Waals surface area contributed by atoms with Crippen LogP contribution in [0.4, 0.5) is 0 Å². The minimum atomic E-state index is -0.256. The predicted octanol–water partition coefficient (Wildman–Crippen LogP) is 4.63. The topological polar surface area (TPSA) is 93.4 Å². The highest BCUT2D eigenvalue weighted by Crippen LogP contribution is 2.69. The molecule has 4 aliphatic carbocycles. The minimum absolute atomic E-state index is 0.172. The molecular formula is C27H44N2O3. The third kappa shape index (κ3) is 3.70. The van der Waals surface area contributed by atoms with Crippen molar-refractivity contribution in [2.24, 2.45) is 52.3 Å². The fourth-order valence-corrected chi connectivity index (χ4v) is 9.62. The lowest BCUT2D eigenvalue weighted by Crippen LogP contribution is -2.62. The molecule has 4 fully saturated rings. The summed E-state index contributed by atoms with van der Waals surface area (Å²) in [5.41, 5.74) is 0.465. The summed E-state index contributed by atoms with van der Waals surface area (Å²) < 4.78 is 0. The average molecular weight is 445 g/mol. The van der Waals surface area contributed by atoms with Gasteiger partial charge in [-0.15, -0.1) is 0 Å². The molecule has 3 N–H and O–H groups in total. The number of hydrogen-bond donors (Lipinski definition) is 3. The first-order chi connectivity index (χ1) is 15.2. The van der Waals surface area contributed by atoms with Crippen LogP contribution in [-0.4, -0.2) is 28.3 Å². The largest absolute Gasteiger partial charge is 0.393 e. The number of nitrogens with zero attached hydrogens (tertiary/aromatic N) is 1. The van der Waals surface area contributed by atoms with Gasteiger partial charge in [-0.05, 0) is 104 Å². The second-order valence-corrected chi connectivity index (χ2v) is 12.3. The Morgan fingerprint density at radius 1 is 1.09 bits per heavy atom. The van der Waals surface area contributed by atoms with Crippen LogP contribution in [0.2, 0.25) is 0 Å². The van der Waals surface area contributed by atoms with Crippen molar-refractivity contribution in [3.8, 4) is 6.19 Å². The van der Waals surface area contributed by atoms with Gasteiger partial charge in [0.05, 0.1) is 12.2 Å². The first-order valence-corrected chi connectivity index (χ1v) is 13.2. The van der Waals surface area contributed by atoms with Gasteiger partial charge >= 0.3 is 0 Å². The molecule has 4 saturated carbocycles. The lowest BCUT2D eigenvalue weighted by Gasteiger charge is -2.64. The van der Waals surface area contributed by atoms with Gasteiger partial charge in [0.1, 0.15) is 0 Å². The standard InChI is InChI=1S/C27H44N2O3/c1-5-18-22-14-17(30)10-12-27(22,4)21-11-13-26(3)19(7-8-20(26)24(21)25(18)32)16(2)6-9-23(31)29-15-28/h16-22,24-25,30,32H,5-14H2,1-4H3,(H,29,31)/t16-,17-,18-,19?,20?,21?,22+,24?,25?,26-,27-/m1/s1. The molecule has 0 aromatic heterocycles. The number of aliphatic hydroxyl groups is 2. The fourth-order valence-electron chi connectivity index (χ4n) is 9.62. The van der Waals surface area contributed by atoms with Gasteiger partial charge in [-0.25, -0.2) is 0 Å². The number of nitriles is 1. The molecular weight excluding hydrogens is 400 g/mol. The van der Waals surface area contributed by atoms with E-state index >= 15 is 0 Å². The van der Waals surface area contributed by atoms with Crippen molar-refractivity contribution >= 4 is 5.91 Å². The van der Waals surface area contributed by atoms with Crippen molar-refractivity contribution in [1.29, 1.82) is 5.26 Å². The van der Waals surface area contributed by atoms with Gasteiger partial charge in [-0.1, -0.05) is 34.1 Å². The van der Waals surface area contributed by atoms with Gasteiger partial charge in [0.2, 0.25) is 5.91 Å². The molecule has 0 spiro atoms. The van der Waals surface area contributed by atoms with Crippen molar-refractivity contribution in [3.63, 3.8) is 0 Å². The van der Waals surface area contributed by atoms with Crippen LogP contribution in [-0.2, 0) is 4.79 Å². The van der Waals surface area contributed by atoms with Gasteiger partial charge in [-0.2, -0.15) is 5.26 Å². The van der Waals surface area contributed by atoms with E-state index in [0.717, 1.165) is 32.1 Å². The van der Waals surface area contributed by atoms with Crippen molar-refractivity contribution < 1.29 is 15.0 Å². The normalized spacial score (nSPS) is 48.7. The molecule has 0 saturated heterocycles. The van der Waals surface area contributed by atoms with Crippen LogP contribution < -0.4 is 5.32 Å². The summed E-state index contributed by atoms with van der Waals surface area (Å²) in [5.74, 6) is 3.07. The SMILES string of the molecule is CC[C@H]1C(O)C2C3CCC([C@H](C)CCC(=O)NC#N)[C@@]3(C)CCC2[C@@]2(C)CC[C@@H](O)C[C@@H]12. The van der Waals surface area contributed by atoms with Crippen molar-refractivity contribution in [1.82, 2.24) is 5.32 Å². The Labute approximate surface area is 194 Å². The van der Waals surface area contributed by atoms with E-state index in [0.29, 0.717) is 47.8 Å². The highest BCUT2D eigenvalue weighted by molar-refractivity contribution is 5.77. The van der Waals surface area contributed by atoms with E-state index in [1.165, 1.54) is 25.7 Å². The molecule has 0 aromatic rings. The molecule has 0 radical (unpaired) electrons. The van der Waals surface area contributed by atoms with Crippen molar-refractivity contribution in [2.45, 2.75) is 104 Å². The maximum absolute atomic E-state index is 11.8. The molecule has 32 heavy (non-hydrogen) atoms. The molecule has 0 aromatic carbocycles. The van der Waals surface area contributed by atoms with Crippen LogP contribution >= 0.6 is 0 Å². The maximum atomic E-state index is 11.8. The average Bonchev–Trinajstić information content (AvgIpc) is 3.11. The zero-order valence-corrected chi connectivity index (χ0v) is 20.5. The molecule has 5 nitrogen and oxygen atoms in total. The van der Waals surface area contributed by atoms with E-state index in [9.17, 15) is 15.0 Å². The molecule has 4 rings (SSSR count). The Morgan fingerprint density at radius 3 is 2.47 bits per heavy atom. The summed E-state index contributed by atoms with van der Waals surface area (Å²) >= 11 is 0. The van der Waals surface area contributed by atoms with E-state index in [1.807, 2.05) is 0 Å². The molecule has 0 bridgehead atoms. The second-order valence-electron chi connectivity index (χ2n) is 12.3. The maximum Gasteiger partial charge on any atom is 0.232 e. The molecule has 0 heterocycles. The van der Waals surface area contributed by atoms with E-state index in [2.05, 4.69) is 33.0 Å². The van der Waals surface area contributed by atoms with Gasteiger partial charge in [0, 0.05) is 6.42 Å². The number of aliphatic hydroxyl groups excluding tert-OH is 2. The third-order valence-corrected chi connectivity index (χ3v) is 11.2. The molecule has 0 aliphatic heterocycles. The quantitative estimate of drug-likeness (QED) is 0.426. The first-order valence-electron chi connectivity index (χ1n) is 13.2. The van der Waals surface area contributed by atoms with Crippen molar-refractivity contribution in [2.75, 3.05) is 0 Å². The van der Waals surface area contributed by atoms with Crippen LogP contribution in [0.5, 0.6) is 0 Å². The minimum Gasteiger partial charge on any atom is -0.393 e. The number of amides is 1. The summed E-state index contributed by atoms with van der Waals surface area (Å²) in [6.45, 7) is 9.48. The Balaban J connectivity index is 1.56. The molecule has 5 heteroatoms.